The molecule has 2 heterocycles. The fraction of sp³-hybridized carbons (Fsp3) is 0.550. The summed E-state index contributed by atoms with van der Waals surface area (Å²) < 4.78 is 7.59. The molecule has 138 valence electrons. The topological polar surface area (TPSA) is 60.2 Å². The van der Waals surface area contributed by atoms with E-state index < -0.39 is 0 Å². The smallest absolute Gasteiger partial charge is 0.254 e. The van der Waals surface area contributed by atoms with Crippen LogP contribution in [0.25, 0.3) is 0 Å². The molecule has 26 heavy (non-hydrogen) atoms. The zero-order chi connectivity index (χ0) is 18.1. The van der Waals surface area contributed by atoms with E-state index in [1.807, 2.05) is 36.4 Å². The minimum atomic E-state index is 0.118. The molecule has 1 aromatic heterocycles. The third kappa shape index (κ3) is 3.20. The molecular formula is C20H26N4O2. The molecule has 1 atom stereocenters. The van der Waals surface area contributed by atoms with E-state index in [4.69, 9.17) is 4.74 Å². The van der Waals surface area contributed by atoms with Crippen molar-refractivity contribution >= 4 is 5.91 Å². The standard InChI is InChI=1S/C20H26N4O2/c1-14-17(6-3-7-18(14)26-2)20(25)23-12-4-5-15(23)10-11-19-22-21-13-24(19)16-8-9-16/h3,6-7,13,15-16H,4-5,8-12H2,1-2H3. The molecule has 0 radical (unpaired) electrons. The lowest BCUT2D eigenvalue weighted by Gasteiger charge is -2.26. The molecule has 1 aromatic carbocycles. The average Bonchev–Trinajstić information content (AvgIpc) is 3.20. The Bertz CT molecular complexity index is 797. The molecule has 1 saturated carbocycles. The van der Waals surface area contributed by atoms with Crippen molar-refractivity contribution in [2.45, 2.75) is 57.5 Å². The quantitative estimate of drug-likeness (QED) is 0.799. The van der Waals surface area contributed by atoms with Crippen molar-refractivity contribution < 1.29 is 9.53 Å². The largest absolute Gasteiger partial charge is 0.496 e. The van der Waals surface area contributed by atoms with E-state index in [0.29, 0.717) is 6.04 Å². The summed E-state index contributed by atoms with van der Waals surface area (Å²) in [6.45, 7) is 2.78. The highest BCUT2D eigenvalue weighted by molar-refractivity contribution is 5.96. The van der Waals surface area contributed by atoms with E-state index in [-0.39, 0.29) is 11.9 Å². The van der Waals surface area contributed by atoms with Gasteiger partial charge < -0.3 is 14.2 Å². The Morgan fingerprint density at radius 3 is 2.92 bits per heavy atom. The van der Waals surface area contributed by atoms with Crippen LogP contribution >= 0.6 is 0 Å². The van der Waals surface area contributed by atoms with Gasteiger partial charge >= 0.3 is 0 Å². The summed E-state index contributed by atoms with van der Waals surface area (Å²) >= 11 is 0. The van der Waals surface area contributed by atoms with Gasteiger partial charge in [-0.15, -0.1) is 10.2 Å². The SMILES string of the molecule is COc1cccc(C(=O)N2CCCC2CCc2nncn2C2CC2)c1C. The third-order valence-electron chi connectivity index (χ3n) is 5.66. The molecule has 2 aromatic rings. The van der Waals surface area contributed by atoms with Gasteiger partial charge in [0.15, 0.2) is 0 Å². The van der Waals surface area contributed by atoms with Gasteiger partial charge in [0.25, 0.3) is 5.91 Å². The zero-order valence-electron chi connectivity index (χ0n) is 15.5. The molecule has 2 fully saturated rings. The maximum Gasteiger partial charge on any atom is 0.254 e. The van der Waals surface area contributed by atoms with E-state index in [1.165, 1.54) is 12.8 Å². The number of carbonyl (C=O) groups is 1. The first kappa shape index (κ1) is 17.1. The average molecular weight is 354 g/mol. The van der Waals surface area contributed by atoms with Crippen molar-refractivity contribution in [2.75, 3.05) is 13.7 Å². The Labute approximate surface area is 154 Å². The van der Waals surface area contributed by atoms with Crippen LogP contribution in [0.5, 0.6) is 5.75 Å². The fourth-order valence-corrected chi connectivity index (χ4v) is 4.02. The summed E-state index contributed by atoms with van der Waals surface area (Å²) in [6.07, 6.45) is 8.26. The number of amides is 1. The number of aryl methyl sites for hydroxylation is 1. The number of hydrogen-bond donors (Lipinski definition) is 0. The first-order chi connectivity index (χ1) is 12.7. The number of methoxy groups -OCH3 is 1. The third-order valence-corrected chi connectivity index (χ3v) is 5.66. The molecule has 0 bridgehead atoms. The lowest BCUT2D eigenvalue weighted by molar-refractivity contribution is 0.0729. The van der Waals surface area contributed by atoms with E-state index >= 15 is 0 Å². The number of nitrogens with zero attached hydrogens (tertiary/aromatic N) is 4. The number of carbonyl (C=O) groups excluding carboxylic acids is 1. The molecule has 0 N–H and O–H groups in total. The van der Waals surface area contributed by atoms with Gasteiger partial charge in [0.05, 0.1) is 7.11 Å². The summed E-state index contributed by atoms with van der Waals surface area (Å²) in [4.78, 5) is 15.2. The molecule has 2 aliphatic rings. The van der Waals surface area contributed by atoms with Gasteiger partial charge in [-0.1, -0.05) is 6.07 Å². The normalized spacial score (nSPS) is 19.8. The van der Waals surface area contributed by atoms with Gasteiger partial charge in [-0.2, -0.15) is 0 Å². The second kappa shape index (κ2) is 7.09. The predicted octanol–water partition coefficient (Wildman–Crippen LogP) is 3.17. The number of likely N-dealkylation sites (tertiary alicyclic amines) is 1. The van der Waals surface area contributed by atoms with Gasteiger partial charge in [-0.3, -0.25) is 4.79 Å². The summed E-state index contributed by atoms with van der Waals surface area (Å²) in [5.41, 5.74) is 1.66. The summed E-state index contributed by atoms with van der Waals surface area (Å²) in [5, 5.41) is 8.38. The highest BCUT2D eigenvalue weighted by Gasteiger charge is 2.31. The van der Waals surface area contributed by atoms with E-state index in [1.54, 1.807) is 7.11 Å². The number of aromatic nitrogens is 3. The van der Waals surface area contributed by atoms with E-state index in [0.717, 1.165) is 54.9 Å². The number of benzene rings is 1. The lowest BCUT2D eigenvalue weighted by Crippen LogP contribution is -2.36. The number of rotatable bonds is 6. The van der Waals surface area contributed by atoms with Crippen LogP contribution in [-0.4, -0.2) is 45.3 Å². The molecule has 0 spiro atoms. The number of ether oxygens (including phenoxy) is 1. The molecular weight excluding hydrogens is 328 g/mol. The summed E-state index contributed by atoms with van der Waals surface area (Å²) in [7, 11) is 1.64. The summed E-state index contributed by atoms with van der Waals surface area (Å²) in [6, 6.07) is 6.57. The molecule has 1 saturated heterocycles. The minimum absolute atomic E-state index is 0.118. The van der Waals surface area contributed by atoms with Crippen LogP contribution in [0.3, 0.4) is 0 Å². The Morgan fingerprint density at radius 2 is 2.15 bits per heavy atom. The van der Waals surface area contributed by atoms with Gasteiger partial charge in [-0.05, 0) is 51.2 Å². The van der Waals surface area contributed by atoms with Crippen molar-refractivity contribution in [3.05, 3.63) is 41.5 Å². The molecule has 4 rings (SSSR count). The van der Waals surface area contributed by atoms with Crippen molar-refractivity contribution in [3.8, 4) is 5.75 Å². The molecule has 6 nitrogen and oxygen atoms in total. The van der Waals surface area contributed by atoms with Crippen LogP contribution in [0.1, 0.15) is 59.9 Å². The molecule has 1 unspecified atom stereocenters. The molecule has 1 aliphatic heterocycles. The van der Waals surface area contributed by atoms with Crippen LogP contribution < -0.4 is 4.74 Å². The second-order valence-corrected chi connectivity index (χ2v) is 7.35. The van der Waals surface area contributed by atoms with Crippen LogP contribution in [0.15, 0.2) is 24.5 Å². The second-order valence-electron chi connectivity index (χ2n) is 7.35. The molecule has 1 amide bonds. The minimum Gasteiger partial charge on any atom is -0.496 e. The van der Waals surface area contributed by atoms with Crippen LogP contribution in [0.2, 0.25) is 0 Å². The van der Waals surface area contributed by atoms with Gasteiger partial charge in [-0.25, -0.2) is 0 Å². The maximum atomic E-state index is 13.1. The van der Waals surface area contributed by atoms with Crippen molar-refractivity contribution in [2.24, 2.45) is 0 Å². The van der Waals surface area contributed by atoms with Crippen molar-refractivity contribution in [1.29, 1.82) is 0 Å². The van der Waals surface area contributed by atoms with Crippen LogP contribution in [0, 0.1) is 6.92 Å². The Balaban J connectivity index is 1.46. The van der Waals surface area contributed by atoms with Crippen molar-refractivity contribution in [3.63, 3.8) is 0 Å². The maximum absolute atomic E-state index is 13.1. The zero-order valence-corrected chi connectivity index (χ0v) is 15.5. The van der Waals surface area contributed by atoms with Crippen LogP contribution in [0.4, 0.5) is 0 Å². The monoisotopic (exact) mass is 354 g/mol. The highest BCUT2D eigenvalue weighted by atomic mass is 16.5. The van der Waals surface area contributed by atoms with Crippen LogP contribution in [-0.2, 0) is 6.42 Å². The summed E-state index contributed by atoms with van der Waals surface area (Å²) in [5.74, 6) is 1.95. The highest BCUT2D eigenvalue weighted by Crippen LogP contribution is 2.35. The number of hydrogen-bond acceptors (Lipinski definition) is 4. The van der Waals surface area contributed by atoms with E-state index in [9.17, 15) is 4.79 Å². The fourth-order valence-electron chi connectivity index (χ4n) is 4.02. The van der Waals surface area contributed by atoms with Gasteiger partial charge in [0.1, 0.15) is 17.9 Å². The predicted molar refractivity (Wildman–Crippen MR) is 98.4 cm³/mol. The molecule has 6 heteroatoms. The Kier molecular flexibility index (Phi) is 4.66. The molecule has 1 aliphatic carbocycles. The lowest BCUT2D eigenvalue weighted by atomic mass is 10.0. The first-order valence-electron chi connectivity index (χ1n) is 9.52. The van der Waals surface area contributed by atoms with Gasteiger partial charge in [0, 0.05) is 36.2 Å². The van der Waals surface area contributed by atoms with Crippen molar-refractivity contribution in [1.82, 2.24) is 19.7 Å². The van der Waals surface area contributed by atoms with E-state index in [2.05, 4.69) is 14.8 Å². The Morgan fingerprint density at radius 1 is 1.31 bits per heavy atom. The first-order valence-corrected chi connectivity index (χ1v) is 9.52. The van der Waals surface area contributed by atoms with Gasteiger partial charge in [0.2, 0.25) is 0 Å². The Hall–Kier alpha value is -2.37.